The lowest BCUT2D eigenvalue weighted by molar-refractivity contribution is 0.173. The van der Waals surface area contributed by atoms with Crippen LogP contribution in [0.3, 0.4) is 0 Å². The summed E-state index contributed by atoms with van der Waals surface area (Å²) in [5.74, 6) is 3.03. The van der Waals surface area contributed by atoms with E-state index in [4.69, 9.17) is 33.5 Å². The molecule has 0 aliphatic carbocycles. The van der Waals surface area contributed by atoms with E-state index < -0.39 is 0 Å². The summed E-state index contributed by atoms with van der Waals surface area (Å²) < 4.78 is 35.2. The second-order valence-electron chi connectivity index (χ2n) is 11.9. The van der Waals surface area contributed by atoms with Crippen molar-refractivity contribution < 1.29 is 28.4 Å². The van der Waals surface area contributed by atoms with Gasteiger partial charge in [-0.25, -0.2) is 0 Å². The van der Waals surface area contributed by atoms with Crippen LogP contribution in [0.25, 0.3) is 30.4 Å². The summed E-state index contributed by atoms with van der Waals surface area (Å²) in [5.41, 5.74) is 2.03. The van der Waals surface area contributed by atoms with E-state index in [0.717, 1.165) is 63.6 Å². The van der Waals surface area contributed by atoms with Gasteiger partial charge in [-0.15, -0.1) is 34.0 Å². The maximum absolute atomic E-state index is 6.12. The highest BCUT2D eigenvalue weighted by Crippen LogP contribution is 2.46. The predicted molar refractivity (Wildman–Crippen MR) is 229 cm³/mol. The number of fused-ring (bicyclic) bond motifs is 2. The molecular weight excluding hydrogens is 751 g/mol. The largest absolute Gasteiger partial charge is 0.500 e. The molecule has 2 aliphatic rings. The van der Waals surface area contributed by atoms with Gasteiger partial charge in [0.1, 0.15) is 39.6 Å². The number of nitrogens with zero attached hydrogens (tertiary/aromatic N) is 3. The average Bonchev–Trinajstić information content (AvgIpc) is 3.95. The Morgan fingerprint density at radius 2 is 1.05 bits per heavy atom. The third-order valence-electron chi connectivity index (χ3n) is 8.31. The molecule has 0 radical (unpaired) electrons. The Labute approximate surface area is 333 Å². The van der Waals surface area contributed by atoms with Gasteiger partial charge in [0.15, 0.2) is 23.0 Å². The van der Waals surface area contributed by atoms with Gasteiger partial charge in [0.05, 0.1) is 57.0 Å². The monoisotopic (exact) mass is 791 g/mol. The maximum atomic E-state index is 6.12. The van der Waals surface area contributed by atoms with Crippen molar-refractivity contribution in [1.29, 1.82) is 0 Å². The third kappa shape index (κ3) is 9.71. The highest BCUT2D eigenvalue weighted by molar-refractivity contribution is 7.16. The van der Waals surface area contributed by atoms with Crippen molar-refractivity contribution in [2.75, 3.05) is 62.6 Å². The highest BCUT2D eigenvalue weighted by atomic mass is 32.1. The summed E-state index contributed by atoms with van der Waals surface area (Å²) in [5, 5.41) is 6.71. The minimum Gasteiger partial charge on any atom is -0.500 e. The first-order valence-electron chi connectivity index (χ1n) is 17.8. The fraction of sp³-hybridized carbons (Fsp3) is 0.186. The quantitative estimate of drug-likeness (QED) is 0.0376. The van der Waals surface area contributed by atoms with Gasteiger partial charge in [0.25, 0.3) is 0 Å². The molecule has 0 bridgehead atoms. The molecule has 282 valence electrons. The minimum atomic E-state index is 0.460. The molecule has 5 aromatic rings. The molecule has 0 atom stereocenters. The molecule has 0 saturated heterocycles. The smallest absolute Gasteiger partial charge is 0.181 e. The Hall–Kier alpha value is -5.69. The van der Waals surface area contributed by atoms with Crippen LogP contribution in [-0.4, -0.2) is 58.9 Å². The van der Waals surface area contributed by atoms with Gasteiger partial charge < -0.3 is 33.3 Å². The van der Waals surface area contributed by atoms with Gasteiger partial charge in [0.2, 0.25) is 0 Å². The fourth-order valence-corrected chi connectivity index (χ4v) is 8.54. The standard InChI is InChI=1S/C43H41N3O6S3/c1-3-47-25-23-45(32-11-7-5-8-12-32)22-21-38-42-40(49-27-28-51-42)36(54-38)19-17-34-15-16-35(53-34)18-20-37-41-43(52-30-29-50-41)39(55-37)31-44-46(24-26-48-4-2)33-13-9-6-10-14-33/h3-22,31H,1-2,23-30H2/b19-17+,20-18+,22-21+,44-31+. The van der Waals surface area contributed by atoms with Crippen LogP contribution in [0.2, 0.25) is 0 Å². The van der Waals surface area contributed by atoms with Gasteiger partial charge in [-0.3, -0.25) is 5.01 Å². The zero-order chi connectivity index (χ0) is 37.7. The van der Waals surface area contributed by atoms with Crippen LogP contribution in [0.15, 0.2) is 110 Å². The van der Waals surface area contributed by atoms with Crippen molar-refractivity contribution in [2.45, 2.75) is 0 Å². The van der Waals surface area contributed by atoms with Crippen LogP contribution in [-0.2, 0) is 9.47 Å². The summed E-state index contributed by atoms with van der Waals surface area (Å²) in [6.45, 7) is 11.5. The Morgan fingerprint density at radius 1 is 0.564 bits per heavy atom. The molecule has 55 heavy (non-hydrogen) atoms. The Balaban J connectivity index is 1.06. The first-order chi connectivity index (χ1) is 27.2. The van der Waals surface area contributed by atoms with Gasteiger partial charge in [0, 0.05) is 21.6 Å². The first kappa shape index (κ1) is 37.6. The number of hydrazone groups is 1. The van der Waals surface area contributed by atoms with E-state index in [2.05, 4.69) is 78.9 Å². The molecule has 0 spiro atoms. The number of benzene rings is 2. The van der Waals surface area contributed by atoms with Crippen LogP contribution in [0.1, 0.15) is 29.3 Å². The summed E-state index contributed by atoms with van der Waals surface area (Å²) in [7, 11) is 0. The fourth-order valence-electron chi connectivity index (χ4n) is 5.77. The van der Waals surface area contributed by atoms with E-state index in [1.54, 1.807) is 34.0 Å². The molecular formula is C43H41N3O6S3. The molecule has 0 unspecified atom stereocenters. The van der Waals surface area contributed by atoms with Crippen molar-refractivity contribution in [2.24, 2.45) is 5.10 Å². The van der Waals surface area contributed by atoms with E-state index in [-0.39, 0.29) is 0 Å². The second-order valence-corrected chi connectivity index (χ2v) is 15.2. The zero-order valence-electron chi connectivity index (χ0n) is 30.2. The number of para-hydroxylation sites is 2. The second kappa shape index (κ2) is 19.1. The van der Waals surface area contributed by atoms with Crippen LogP contribution >= 0.6 is 34.0 Å². The van der Waals surface area contributed by atoms with Gasteiger partial charge >= 0.3 is 0 Å². The van der Waals surface area contributed by atoms with E-state index in [0.29, 0.717) is 52.7 Å². The Kier molecular flexibility index (Phi) is 13.0. The molecule has 5 heterocycles. The molecule has 9 nitrogen and oxygen atoms in total. The molecule has 7 rings (SSSR count). The molecule has 0 N–H and O–H groups in total. The summed E-state index contributed by atoms with van der Waals surface area (Å²) in [4.78, 5) is 8.26. The normalized spacial score (nSPS) is 13.5. The number of ether oxygens (including phenoxy) is 6. The summed E-state index contributed by atoms with van der Waals surface area (Å²) in [6, 6.07) is 24.5. The number of anilines is 2. The van der Waals surface area contributed by atoms with Gasteiger partial charge in [-0.2, -0.15) is 5.10 Å². The molecule has 0 saturated carbocycles. The molecule has 0 fully saturated rings. The lowest BCUT2D eigenvalue weighted by Crippen LogP contribution is -2.21. The van der Waals surface area contributed by atoms with Crippen LogP contribution in [0.4, 0.5) is 11.4 Å². The number of rotatable bonds is 18. The van der Waals surface area contributed by atoms with E-state index in [9.17, 15) is 0 Å². The van der Waals surface area contributed by atoms with E-state index >= 15 is 0 Å². The van der Waals surface area contributed by atoms with E-state index in [1.807, 2.05) is 59.8 Å². The average molecular weight is 792 g/mol. The molecule has 3 aromatic heterocycles. The van der Waals surface area contributed by atoms with Crippen LogP contribution in [0, 0.1) is 0 Å². The summed E-state index contributed by atoms with van der Waals surface area (Å²) in [6.07, 6.45) is 17.3. The topological polar surface area (TPSA) is 74.2 Å². The van der Waals surface area contributed by atoms with E-state index in [1.165, 1.54) is 12.5 Å². The molecule has 2 aliphatic heterocycles. The molecule has 2 aromatic carbocycles. The van der Waals surface area contributed by atoms with Crippen molar-refractivity contribution in [3.8, 4) is 23.0 Å². The molecule has 12 heteroatoms. The van der Waals surface area contributed by atoms with Crippen molar-refractivity contribution >= 4 is 82.0 Å². The SMILES string of the molecule is C=COCCN(/C=C/c1sc(/C=C/c2ccc(/C=C/c3sc(/C=N/N(CCOC=C)c4ccccc4)c4c3OCCO4)s2)c2c1OCCO2)c1ccccc1. The van der Waals surface area contributed by atoms with Gasteiger partial charge in [-0.1, -0.05) is 49.6 Å². The Bertz CT molecular complexity index is 2000. The minimum absolute atomic E-state index is 0.460. The maximum Gasteiger partial charge on any atom is 0.181 e. The number of thiophene rings is 3. The van der Waals surface area contributed by atoms with Crippen molar-refractivity contribution in [3.63, 3.8) is 0 Å². The number of hydrogen-bond donors (Lipinski definition) is 0. The highest BCUT2D eigenvalue weighted by Gasteiger charge is 2.24. The van der Waals surface area contributed by atoms with Crippen LogP contribution < -0.4 is 28.9 Å². The predicted octanol–water partition coefficient (Wildman–Crippen LogP) is 10.4. The third-order valence-corrected chi connectivity index (χ3v) is 11.5. The lowest BCUT2D eigenvalue weighted by Gasteiger charge is -2.20. The zero-order valence-corrected chi connectivity index (χ0v) is 32.7. The van der Waals surface area contributed by atoms with Crippen molar-refractivity contribution in [1.82, 2.24) is 0 Å². The molecule has 0 amide bonds. The van der Waals surface area contributed by atoms with Gasteiger partial charge in [-0.05, 0) is 66.8 Å². The number of hydrogen-bond acceptors (Lipinski definition) is 12. The van der Waals surface area contributed by atoms with Crippen molar-refractivity contribution in [3.05, 3.63) is 134 Å². The first-order valence-corrected chi connectivity index (χ1v) is 20.3. The lowest BCUT2D eigenvalue weighted by atomic mass is 10.2. The van der Waals surface area contributed by atoms with Crippen LogP contribution in [0.5, 0.6) is 23.0 Å². The Morgan fingerprint density at radius 3 is 1.62 bits per heavy atom. The summed E-state index contributed by atoms with van der Waals surface area (Å²) >= 11 is 4.93.